The van der Waals surface area contributed by atoms with E-state index in [-0.39, 0.29) is 11.7 Å². The Balaban J connectivity index is 2.14. The lowest BCUT2D eigenvalue weighted by Crippen LogP contribution is -2.27. The zero-order valence-electron chi connectivity index (χ0n) is 15.6. The normalized spacial score (nSPS) is 11.0. The number of benzene rings is 2. The number of halogens is 2. The lowest BCUT2D eigenvalue weighted by atomic mass is 10.1. The zero-order valence-corrected chi connectivity index (χ0v) is 16.3. The van der Waals surface area contributed by atoms with Crippen LogP contribution >= 0.6 is 11.6 Å². The number of nitrogens with one attached hydrogen (secondary N) is 1. The van der Waals surface area contributed by atoms with E-state index in [0.29, 0.717) is 28.7 Å². The topological polar surface area (TPSA) is 34.0 Å². The highest BCUT2D eigenvalue weighted by molar-refractivity contribution is 6.30. The Labute approximate surface area is 163 Å². The van der Waals surface area contributed by atoms with E-state index in [1.54, 1.807) is 18.2 Å². The molecule has 2 aromatic carbocycles. The van der Waals surface area contributed by atoms with Crippen LogP contribution in [0.25, 0.3) is 16.9 Å². The molecule has 0 aliphatic carbocycles. The van der Waals surface area contributed by atoms with Crippen LogP contribution in [0.2, 0.25) is 5.02 Å². The van der Waals surface area contributed by atoms with Crippen molar-refractivity contribution in [3.63, 3.8) is 0 Å². The first-order valence-electron chi connectivity index (χ1n) is 8.89. The van der Waals surface area contributed by atoms with Crippen molar-refractivity contribution in [1.82, 2.24) is 9.88 Å². The molecule has 27 heavy (non-hydrogen) atoms. The van der Waals surface area contributed by atoms with Gasteiger partial charge in [-0.25, -0.2) is 4.39 Å². The molecule has 3 nitrogen and oxygen atoms in total. The van der Waals surface area contributed by atoms with Gasteiger partial charge in [0, 0.05) is 22.9 Å². The summed E-state index contributed by atoms with van der Waals surface area (Å²) in [5.41, 5.74) is 3.70. The number of aromatic nitrogens is 1. The van der Waals surface area contributed by atoms with E-state index in [9.17, 15) is 9.18 Å². The summed E-state index contributed by atoms with van der Waals surface area (Å²) in [6, 6.07) is 15.6. The van der Waals surface area contributed by atoms with Gasteiger partial charge >= 0.3 is 0 Å². The third kappa shape index (κ3) is 4.22. The Kier molecular flexibility index (Phi) is 5.66. The van der Waals surface area contributed by atoms with Gasteiger partial charge in [-0.05, 0) is 54.8 Å². The molecule has 0 unspecified atom stereocenters. The van der Waals surface area contributed by atoms with Crippen molar-refractivity contribution in [2.75, 3.05) is 6.54 Å². The van der Waals surface area contributed by atoms with Gasteiger partial charge in [0.2, 0.25) is 0 Å². The molecular weight excluding hydrogens is 363 g/mol. The monoisotopic (exact) mass is 384 g/mol. The van der Waals surface area contributed by atoms with Crippen molar-refractivity contribution < 1.29 is 9.18 Å². The summed E-state index contributed by atoms with van der Waals surface area (Å²) in [7, 11) is 0. The third-order valence-electron chi connectivity index (χ3n) is 4.37. The predicted molar refractivity (Wildman–Crippen MR) is 108 cm³/mol. The maximum absolute atomic E-state index is 13.8. The Morgan fingerprint density at radius 1 is 1.15 bits per heavy atom. The first-order chi connectivity index (χ1) is 12.9. The fourth-order valence-corrected chi connectivity index (χ4v) is 3.14. The quantitative estimate of drug-likeness (QED) is 0.607. The van der Waals surface area contributed by atoms with E-state index in [2.05, 4.69) is 5.32 Å². The van der Waals surface area contributed by atoms with E-state index < -0.39 is 0 Å². The summed E-state index contributed by atoms with van der Waals surface area (Å²) in [5, 5.41) is 3.59. The Morgan fingerprint density at radius 2 is 1.85 bits per heavy atom. The summed E-state index contributed by atoms with van der Waals surface area (Å²) in [5.74, 6) is -0.102. The van der Waals surface area contributed by atoms with Crippen LogP contribution in [0.3, 0.4) is 0 Å². The molecule has 0 bridgehead atoms. The SMILES string of the molecule is Cc1c(C(=O)NCC(C)C)cc(-c2ccc(Cl)cc2)n1-c1cccc(F)c1. The lowest BCUT2D eigenvalue weighted by Gasteiger charge is -2.13. The number of carbonyl (C=O) groups excluding carboxylic acids is 1. The minimum atomic E-state index is -0.325. The van der Waals surface area contributed by atoms with Gasteiger partial charge in [0.15, 0.2) is 0 Å². The number of rotatable bonds is 5. The van der Waals surface area contributed by atoms with Gasteiger partial charge in [-0.2, -0.15) is 0 Å². The van der Waals surface area contributed by atoms with E-state index in [4.69, 9.17) is 11.6 Å². The first-order valence-corrected chi connectivity index (χ1v) is 9.27. The molecule has 0 fully saturated rings. The lowest BCUT2D eigenvalue weighted by molar-refractivity contribution is 0.0948. The van der Waals surface area contributed by atoms with Crippen molar-refractivity contribution in [3.8, 4) is 16.9 Å². The minimum absolute atomic E-state index is 0.133. The first kappa shape index (κ1) is 19.2. The fraction of sp³-hybridized carbons (Fsp3) is 0.227. The van der Waals surface area contributed by atoms with Crippen molar-refractivity contribution in [3.05, 3.63) is 76.7 Å². The van der Waals surface area contributed by atoms with Crippen LogP contribution in [-0.2, 0) is 0 Å². The number of nitrogens with zero attached hydrogens (tertiary/aromatic N) is 1. The largest absolute Gasteiger partial charge is 0.352 e. The van der Waals surface area contributed by atoms with E-state index in [1.165, 1.54) is 12.1 Å². The van der Waals surface area contributed by atoms with Gasteiger partial charge in [0.05, 0.1) is 11.3 Å². The standard InChI is InChI=1S/C22H22ClFN2O/c1-14(2)13-25-22(27)20-12-21(16-7-9-17(23)10-8-16)26(15(20)3)19-6-4-5-18(24)11-19/h4-12,14H,13H2,1-3H3,(H,25,27). The van der Waals surface area contributed by atoms with Crippen molar-refractivity contribution >= 4 is 17.5 Å². The Hall–Kier alpha value is -2.59. The summed E-state index contributed by atoms with van der Waals surface area (Å²) >= 11 is 6.01. The molecule has 3 rings (SSSR count). The van der Waals surface area contributed by atoms with Crippen LogP contribution in [0.15, 0.2) is 54.6 Å². The molecule has 0 aliphatic heterocycles. The number of carbonyl (C=O) groups is 1. The average molecular weight is 385 g/mol. The maximum atomic E-state index is 13.8. The van der Waals surface area contributed by atoms with Crippen molar-refractivity contribution in [1.29, 1.82) is 0 Å². The third-order valence-corrected chi connectivity index (χ3v) is 4.62. The van der Waals surface area contributed by atoms with Crippen LogP contribution in [0.1, 0.15) is 29.9 Å². The van der Waals surface area contributed by atoms with E-state index in [1.807, 2.05) is 49.6 Å². The van der Waals surface area contributed by atoms with Gasteiger partial charge in [-0.15, -0.1) is 0 Å². The molecule has 0 saturated heterocycles. The molecule has 0 atom stereocenters. The predicted octanol–water partition coefficient (Wildman–Crippen LogP) is 5.63. The molecule has 1 N–H and O–H groups in total. The van der Waals surface area contributed by atoms with Crippen LogP contribution in [0, 0.1) is 18.7 Å². The van der Waals surface area contributed by atoms with E-state index >= 15 is 0 Å². The Bertz CT molecular complexity index is 961. The molecule has 5 heteroatoms. The summed E-state index contributed by atoms with van der Waals surface area (Å²) < 4.78 is 15.7. The molecule has 3 aromatic rings. The molecule has 1 aromatic heterocycles. The van der Waals surface area contributed by atoms with Crippen LogP contribution in [0.4, 0.5) is 4.39 Å². The molecule has 1 heterocycles. The number of hydrogen-bond acceptors (Lipinski definition) is 1. The molecule has 0 aliphatic rings. The second-order valence-electron chi connectivity index (χ2n) is 6.95. The second kappa shape index (κ2) is 7.97. The molecule has 0 radical (unpaired) electrons. The van der Waals surface area contributed by atoms with Gasteiger partial charge in [-0.3, -0.25) is 4.79 Å². The van der Waals surface area contributed by atoms with Crippen molar-refractivity contribution in [2.24, 2.45) is 5.92 Å². The van der Waals surface area contributed by atoms with Crippen molar-refractivity contribution in [2.45, 2.75) is 20.8 Å². The average Bonchev–Trinajstić information content (AvgIpc) is 2.97. The molecule has 140 valence electrons. The minimum Gasteiger partial charge on any atom is -0.352 e. The Morgan fingerprint density at radius 3 is 2.48 bits per heavy atom. The molecule has 0 spiro atoms. The molecule has 0 saturated carbocycles. The zero-order chi connectivity index (χ0) is 19.6. The smallest absolute Gasteiger partial charge is 0.253 e. The van der Waals surface area contributed by atoms with Gasteiger partial charge < -0.3 is 9.88 Å². The second-order valence-corrected chi connectivity index (χ2v) is 7.39. The number of amides is 1. The van der Waals surface area contributed by atoms with Crippen LogP contribution < -0.4 is 5.32 Å². The van der Waals surface area contributed by atoms with Crippen LogP contribution in [0.5, 0.6) is 0 Å². The number of hydrogen-bond donors (Lipinski definition) is 1. The maximum Gasteiger partial charge on any atom is 0.253 e. The highest BCUT2D eigenvalue weighted by Crippen LogP contribution is 2.30. The van der Waals surface area contributed by atoms with Crippen LogP contribution in [-0.4, -0.2) is 17.0 Å². The summed E-state index contributed by atoms with van der Waals surface area (Å²) in [6.07, 6.45) is 0. The molecular formula is C22H22ClFN2O. The van der Waals surface area contributed by atoms with Gasteiger partial charge in [-0.1, -0.05) is 43.6 Å². The summed E-state index contributed by atoms with van der Waals surface area (Å²) in [4.78, 5) is 12.7. The highest BCUT2D eigenvalue weighted by atomic mass is 35.5. The van der Waals surface area contributed by atoms with E-state index in [0.717, 1.165) is 17.0 Å². The van der Waals surface area contributed by atoms with Gasteiger partial charge in [0.1, 0.15) is 5.82 Å². The van der Waals surface area contributed by atoms with Gasteiger partial charge in [0.25, 0.3) is 5.91 Å². The highest BCUT2D eigenvalue weighted by Gasteiger charge is 2.20. The fourth-order valence-electron chi connectivity index (χ4n) is 3.01. The molecule has 1 amide bonds. The summed E-state index contributed by atoms with van der Waals surface area (Å²) in [6.45, 7) is 6.56.